The van der Waals surface area contributed by atoms with Crippen molar-refractivity contribution in [3.05, 3.63) is 42.2 Å². The zero-order valence-corrected chi connectivity index (χ0v) is 13.3. The normalized spacial score (nSPS) is 17.1. The molecule has 1 aliphatic rings. The second-order valence-corrected chi connectivity index (χ2v) is 7.02. The highest BCUT2D eigenvalue weighted by Crippen LogP contribution is 2.27. The highest BCUT2D eigenvalue weighted by Gasteiger charge is 2.16. The van der Waals surface area contributed by atoms with Gasteiger partial charge < -0.3 is 5.32 Å². The van der Waals surface area contributed by atoms with Crippen LogP contribution in [0.2, 0.25) is 0 Å². The quantitative estimate of drug-likeness (QED) is 0.909. The van der Waals surface area contributed by atoms with Gasteiger partial charge in [-0.3, -0.25) is 4.68 Å². The Morgan fingerprint density at radius 1 is 1.05 bits per heavy atom. The maximum absolute atomic E-state index is 4.58. The van der Waals surface area contributed by atoms with E-state index in [-0.39, 0.29) is 5.41 Å². The van der Waals surface area contributed by atoms with Crippen molar-refractivity contribution in [2.45, 2.75) is 45.1 Å². The summed E-state index contributed by atoms with van der Waals surface area (Å²) in [5.41, 5.74) is 4.05. The lowest BCUT2D eigenvalue weighted by Gasteiger charge is -2.22. The Hall–Kier alpha value is -1.61. The molecule has 1 aromatic heterocycles. The fraction of sp³-hybridized carbons (Fsp3) is 0.500. The number of nitrogens with one attached hydrogen (secondary N) is 1. The molecule has 3 nitrogen and oxygen atoms in total. The molecular weight excluding hydrogens is 258 g/mol. The molecule has 0 atom stereocenters. The molecule has 1 aromatic carbocycles. The molecule has 0 spiro atoms. The minimum atomic E-state index is 0.206. The largest absolute Gasteiger partial charge is 0.317 e. The van der Waals surface area contributed by atoms with Gasteiger partial charge in [-0.2, -0.15) is 5.10 Å². The SMILES string of the molecule is CC(C)(C)c1ccc(-c2cnn(C3CCNCC3)c2)cc1. The lowest BCUT2D eigenvalue weighted by Crippen LogP contribution is -2.29. The molecule has 1 aliphatic heterocycles. The smallest absolute Gasteiger partial charge is 0.0568 e. The molecule has 0 bridgehead atoms. The van der Waals surface area contributed by atoms with Gasteiger partial charge in [0.15, 0.2) is 0 Å². The Morgan fingerprint density at radius 2 is 1.71 bits per heavy atom. The van der Waals surface area contributed by atoms with E-state index < -0.39 is 0 Å². The summed E-state index contributed by atoms with van der Waals surface area (Å²) in [5.74, 6) is 0. The monoisotopic (exact) mass is 283 g/mol. The highest BCUT2D eigenvalue weighted by molar-refractivity contribution is 5.62. The molecule has 1 saturated heterocycles. The molecule has 3 heteroatoms. The molecule has 2 heterocycles. The molecule has 3 rings (SSSR count). The molecule has 0 unspecified atom stereocenters. The van der Waals surface area contributed by atoms with Crippen LogP contribution < -0.4 is 5.32 Å². The molecule has 0 radical (unpaired) electrons. The summed E-state index contributed by atoms with van der Waals surface area (Å²) < 4.78 is 2.15. The van der Waals surface area contributed by atoms with Gasteiger partial charge in [0.25, 0.3) is 0 Å². The number of piperidine rings is 1. The Labute approximate surface area is 127 Å². The van der Waals surface area contributed by atoms with Crippen molar-refractivity contribution in [2.75, 3.05) is 13.1 Å². The average Bonchev–Trinajstić information content (AvgIpc) is 2.97. The van der Waals surface area contributed by atoms with E-state index >= 15 is 0 Å². The van der Waals surface area contributed by atoms with Crippen molar-refractivity contribution >= 4 is 0 Å². The predicted molar refractivity (Wildman–Crippen MR) is 87.5 cm³/mol. The average molecular weight is 283 g/mol. The first-order valence-corrected chi connectivity index (χ1v) is 7.90. The minimum absolute atomic E-state index is 0.206. The highest BCUT2D eigenvalue weighted by atomic mass is 15.3. The van der Waals surface area contributed by atoms with Crippen molar-refractivity contribution in [2.24, 2.45) is 0 Å². The predicted octanol–water partition coefficient (Wildman–Crippen LogP) is 3.77. The topological polar surface area (TPSA) is 29.9 Å². The number of hydrogen-bond donors (Lipinski definition) is 1. The van der Waals surface area contributed by atoms with E-state index in [4.69, 9.17) is 0 Å². The van der Waals surface area contributed by atoms with Crippen LogP contribution in [0.1, 0.15) is 45.2 Å². The Balaban J connectivity index is 1.79. The van der Waals surface area contributed by atoms with E-state index in [1.54, 1.807) is 0 Å². The van der Waals surface area contributed by atoms with Crippen LogP contribution in [0.25, 0.3) is 11.1 Å². The zero-order valence-electron chi connectivity index (χ0n) is 13.3. The van der Waals surface area contributed by atoms with E-state index in [1.165, 1.54) is 29.5 Å². The molecule has 1 N–H and O–H groups in total. The molecule has 2 aromatic rings. The third-order valence-corrected chi connectivity index (χ3v) is 4.37. The third-order valence-electron chi connectivity index (χ3n) is 4.37. The fourth-order valence-electron chi connectivity index (χ4n) is 2.92. The standard InChI is InChI=1S/C18H25N3/c1-18(2,3)16-6-4-14(5-7-16)15-12-20-21(13-15)17-8-10-19-11-9-17/h4-7,12-13,17,19H,8-11H2,1-3H3. The maximum Gasteiger partial charge on any atom is 0.0568 e. The van der Waals surface area contributed by atoms with E-state index in [0.29, 0.717) is 6.04 Å². The number of nitrogens with zero attached hydrogens (tertiary/aromatic N) is 2. The molecular formula is C18H25N3. The lowest BCUT2D eigenvalue weighted by molar-refractivity contribution is 0.343. The van der Waals surface area contributed by atoms with Gasteiger partial charge in [0.1, 0.15) is 0 Å². The van der Waals surface area contributed by atoms with Crippen LogP contribution in [-0.2, 0) is 5.41 Å². The van der Waals surface area contributed by atoms with E-state index in [1.807, 2.05) is 6.20 Å². The Kier molecular flexibility index (Phi) is 3.85. The summed E-state index contributed by atoms with van der Waals surface area (Å²) in [6, 6.07) is 9.44. The molecule has 21 heavy (non-hydrogen) atoms. The first kappa shape index (κ1) is 14.3. The number of aromatic nitrogens is 2. The van der Waals surface area contributed by atoms with Crippen LogP contribution in [0.15, 0.2) is 36.7 Å². The maximum atomic E-state index is 4.58. The van der Waals surface area contributed by atoms with Gasteiger partial charge in [0.05, 0.1) is 12.2 Å². The molecule has 0 saturated carbocycles. The summed E-state index contributed by atoms with van der Waals surface area (Å²) in [6.45, 7) is 8.94. The van der Waals surface area contributed by atoms with Crippen LogP contribution in [0.3, 0.4) is 0 Å². The number of rotatable bonds is 2. The lowest BCUT2D eigenvalue weighted by atomic mass is 9.86. The van der Waals surface area contributed by atoms with Gasteiger partial charge in [-0.1, -0.05) is 45.0 Å². The second kappa shape index (κ2) is 5.64. The van der Waals surface area contributed by atoms with E-state index in [9.17, 15) is 0 Å². The van der Waals surface area contributed by atoms with Gasteiger partial charge in [0, 0.05) is 11.8 Å². The van der Waals surface area contributed by atoms with Gasteiger partial charge in [-0.15, -0.1) is 0 Å². The summed E-state index contributed by atoms with van der Waals surface area (Å²) in [4.78, 5) is 0. The van der Waals surface area contributed by atoms with Crippen molar-refractivity contribution in [1.29, 1.82) is 0 Å². The van der Waals surface area contributed by atoms with Crippen molar-refractivity contribution in [3.8, 4) is 11.1 Å². The van der Waals surface area contributed by atoms with Crippen LogP contribution in [0.4, 0.5) is 0 Å². The number of benzene rings is 1. The molecule has 1 fully saturated rings. The summed E-state index contributed by atoms with van der Waals surface area (Å²) in [7, 11) is 0. The van der Waals surface area contributed by atoms with Crippen LogP contribution in [0, 0.1) is 0 Å². The van der Waals surface area contributed by atoms with Gasteiger partial charge in [0.2, 0.25) is 0 Å². The number of hydrogen-bond acceptors (Lipinski definition) is 2. The minimum Gasteiger partial charge on any atom is -0.317 e. The molecule has 0 aliphatic carbocycles. The summed E-state index contributed by atoms with van der Waals surface area (Å²) in [6.07, 6.45) is 6.53. The van der Waals surface area contributed by atoms with Crippen LogP contribution in [-0.4, -0.2) is 22.9 Å². The Bertz CT molecular complexity index is 584. The second-order valence-electron chi connectivity index (χ2n) is 7.02. The molecule has 112 valence electrons. The van der Waals surface area contributed by atoms with Gasteiger partial charge in [-0.05, 0) is 42.5 Å². The van der Waals surface area contributed by atoms with Crippen LogP contribution >= 0.6 is 0 Å². The van der Waals surface area contributed by atoms with E-state index in [2.05, 4.69) is 66.3 Å². The Morgan fingerprint density at radius 3 is 2.33 bits per heavy atom. The summed E-state index contributed by atoms with van der Waals surface area (Å²) >= 11 is 0. The van der Waals surface area contributed by atoms with Crippen LogP contribution in [0.5, 0.6) is 0 Å². The van der Waals surface area contributed by atoms with Crippen molar-refractivity contribution in [3.63, 3.8) is 0 Å². The van der Waals surface area contributed by atoms with Crippen molar-refractivity contribution < 1.29 is 0 Å². The van der Waals surface area contributed by atoms with E-state index in [0.717, 1.165) is 13.1 Å². The molecule has 0 amide bonds. The zero-order chi connectivity index (χ0) is 14.9. The van der Waals surface area contributed by atoms with Gasteiger partial charge in [-0.25, -0.2) is 0 Å². The van der Waals surface area contributed by atoms with Crippen molar-refractivity contribution in [1.82, 2.24) is 15.1 Å². The first-order valence-electron chi connectivity index (χ1n) is 7.90. The van der Waals surface area contributed by atoms with Gasteiger partial charge >= 0.3 is 0 Å². The fourth-order valence-corrected chi connectivity index (χ4v) is 2.92. The summed E-state index contributed by atoms with van der Waals surface area (Å²) in [5, 5.41) is 7.98. The third kappa shape index (κ3) is 3.18. The first-order chi connectivity index (χ1) is 10.0.